The van der Waals surface area contributed by atoms with Crippen LogP contribution in [0.2, 0.25) is 5.02 Å². The van der Waals surface area contributed by atoms with E-state index in [0.29, 0.717) is 17.1 Å². The lowest BCUT2D eigenvalue weighted by Gasteiger charge is -2.26. The number of aromatic nitrogens is 2. The topological polar surface area (TPSA) is 114 Å². The fraction of sp³-hybridized carbons (Fsp3) is 0.370. The van der Waals surface area contributed by atoms with Crippen molar-refractivity contribution >= 4 is 50.5 Å². The Hall–Kier alpha value is -3.37. The SMILES string of the molecule is COc1ccc(CC(=O)N2CCCCC2)cc1Nc1ncc(Cl)c(Nc2ccccc2S(=O)(=O)C(C)C)n1. The maximum Gasteiger partial charge on any atom is 0.229 e. The highest BCUT2D eigenvalue weighted by molar-refractivity contribution is 7.92. The zero-order chi connectivity index (χ0) is 27.3. The molecule has 3 aromatic rings. The molecule has 0 unspecified atom stereocenters. The molecule has 1 aromatic heterocycles. The second-order valence-corrected chi connectivity index (χ2v) is 12.3. The standard InChI is InChI=1S/C27H32ClN5O4S/c1-18(2)38(35,36)24-10-6-5-9-21(24)30-26-20(28)17-29-27(32-26)31-22-15-19(11-12-23(22)37-3)16-25(34)33-13-7-4-8-14-33/h5-6,9-12,15,17-18H,4,7-8,13-14,16H2,1-3H3,(H2,29,30,31,32). The molecule has 1 fully saturated rings. The Morgan fingerprint density at radius 3 is 2.53 bits per heavy atom. The van der Waals surface area contributed by atoms with Crippen molar-refractivity contribution in [3.63, 3.8) is 0 Å². The van der Waals surface area contributed by atoms with Crippen LogP contribution in [0.15, 0.2) is 53.6 Å². The number of nitrogens with zero attached hydrogens (tertiary/aromatic N) is 3. The van der Waals surface area contributed by atoms with Crippen molar-refractivity contribution in [1.82, 2.24) is 14.9 Å². The highest BCUT2D eigenvalue weighted by Gasteiger charge is 2.23. The van der Waals surface area contributed by atoms with Crippen LogP contribution < -0.4 is 15.4 Å². The fourth-order valence-corrected chi connectivity index (χ4v) is 5.57. The summed E-state index contributed by atoms with van der Waals surface area (Å²) in [5, 5.41) is 5.82. The van der Waals surface area contributed by atoms with Gasteiger partial charge in [-0.3, -0.25) is 4.79 Å². The van der Waals surface area contributed by atoms with Crippen LogP contribution in [0.25, 0.3) is 0 Å². The Bertz CT molecular complexity index is 1410. The molecule has 0 saturated carbocycles. The number of ether oxygens (including phenoxy) is 1. The van der Waals surface area contributed by atoms with Crippen molar-refractivity contribution < 1.29 is 17.9 Å². The second-order valence-electron chi connectivity index (χ2n) is 9.38. The van der Waals surface area contributed by atoms with Crippen LogP contribution in [0.4, 0.5) is 23.1 Å². The van der Waals surface area contributed by atoms with E-state index in [1.807, 2.05) is 17.0 Å². The number of hydrogen-bond donors (Lipinski definition) is 2. The Kier molecular flexibility index (Phi) is 8.73. The van der Waals surface area contributed by atoms with Crippen LogP contribution in [-0.4, -0.2) is 54.6 Å². The summed E-state index contributed by atoms with van der Waals surface area (Å²) in [6, 6.07) is 12.1. The van der Waals surface area contributed by atoms with Crippen LogP contribution in [-0.2, 0) is 21.1 Å². The molecule has 2 heterocycles. The quantitative estimate of drug-likeness (QED) is 0.361. The number of anilines is 4. The third-order valence-electron chi connectivity index (χ3n) is 6.39. The zero-order valence-electron chi connectivity index (χ0n) is 21.7. The first-order valence-electron chi connectivity index (χ1n) is 12.5. The van der Waals surface area contributed by atoms with Crippen molar-refractivity contribution in [2.45, 2.75) is 49.7 Å². The van der Waals surface area contributed by atoms with Crippen molar-refractivity contribution in [1.29, 1.82) is 0 Å². The highest BCUT2D eigenvalue weighted by Crippen LogP contribution is 2.32. The van der Waals surface area contributed by atoms with Gasteiger partial charge in [-0.15, -0.1) is 0 Å². The van der Waals surface area contributed by atoms with Crippen LogP contribution >= 0.6 is 11.6 Å². The molecule has 38 heavy (non-hydrogen) atoms. The van der Waals surface area contributed by atoms with E-state index in [0.717, 1.165) is 37.9 Å². The molecule has 4 rings (SSSR count). The van der Waals surface area contributed by atoms with E-state index < -0.39 is 15.1 Å². The Morgan fingerprint density at radius 1 is 1.08 bits per heavy atom. The molecule has 1 aliphatic rings. The van der Waals surface area contributed by atoms with Gasteiger partial charge in [0.05, 0.1) is 41.2 Å². The maximum atomic E-state index is 12.9. The number of methoxy groups -OCH3 is 1. The third-order valence-corrected chi connectivity index (χ3v) is 8.87. The van der Waals surface area contributed by atoms with Gasteiger partial charge in [0.15, 0.2) is 15.7 Å². The van der Waals surface area contributed by atoms with E-state index in [9.17, 15) is 13.2 Å². The normalized spacial score (nSPS) is 13.9. The van der Waals surface area contributed by atoms with Gasteiger partial charge in [0.25, 0.3) is 0 Å². The average molecular weight is 558 g/mol. The molecule has 0 atom stereocenters. The number of rotatable bonds is 9. The van der Waals surface area contributed by atoms with E-state index in [-0.39, 0.29) is 34.0 Å². The van der Waals surface area contributed by atoms with Crippen molar-refractivity contribution in [3.05, 3.63) is 59.2 Å². The Balaban J connectivity index is 1.58. The lowest BCUT2D eigenvalue weighted by molar-refractivity contribution is -0.131. The smallest absolute Gasteiger partial charge is 0.229 e. The van der Waals surface area contributed by atoms with Gasteiger partial charge in [0.2, 0.25) is 11.9 Å². The van der Waals surface area contributed by atoms with Gasteiger partial charge in [-0.2, -0.15) is 4.98 Å². The number of hydrogen-bond acceptors (Lipinski definition) is 8. The molecule has 0 aliphatic carbocycles. The summed E-state index contributed by atoms with van der Waals surface area (Å²) in [7, 11) is -1.99. The molecular formula is C27H32ClN5O4S. The highest BCUT2D eigenvalue weighted by atomic mass is 35.5. The van der Waals surface area contributed by atoms with Gasteiger partial charge < -0.3 is 20.3 Å². The number of para-hydroxylation sites is 1. The molecule has 2 aromatic carbocycles. The van der Waals surface area contributed by atoms with Gasteiger partial charge in [-0.1, -0.05) is 29.8 Å². The lowest BCUT2D eigenvalue weighted by atomic mass is 10.1. The number of piperidine rings is 1. The van der Waals surface area contributed by atoms with Crippen LogP contribution in [0.5, 0.6) is 5.75 Å². The summed E-state index contributed by atoms with van der Waals surface area (Å²) in [4.78, 5) is 23.6. The number of nitrogens with one attached hydrogen (secondary N) is 2. The van der Waals surface area contributed by atoms with E-state index in [4.69, 9.17) is 16.3 Å². The van der Waals surface area contributed by atoms with Crippen LogP contribution in [0.3, 0.4) is 0 Å². The van der Waals surface area contributed by atoms with Gasteiger partial charge in [-0.25, -0.2) is 13.4 Å². The molecule has 2 N–H and O–H groups in total. The maximum absolute atomic E-state index is 12.9. The molecule has 0 spiro atoms. The van der Waals surface area contributed by atoms with Gasteiger partial charge in [-0.05, 0) is 62.9 Å². The van der Waals surface area contributed by atoms with Gasteiger partial charge >= 0.3 is 0 Å². The summed E-state index contributed by atoms with van der Waals surface area (Å²) in [5.41, 5.74) is 1.79. The van der Waals surface area contributed by atoms with E-state index in [2.05, 4.69) is 20.6 Å². The van der Waals surface area contributed by atoms with Crippen LogP contribution in [0.1, 0.15) is 38.7 Å². The molecule has 9 nitrogen and oxygen atoms in total. The molecule has 202 valence electrons. The average Bonchev–Trinajstić information content (AvgIpc) is 2.91. The minimum Gasteiger partial charge on any atom is -0.495 e. The predicted molar refractivity (Wildman–Crippen MR) is 150 cm³/mol. The first-order chi connectivity index (χ1) is 18.2. The summed E-state index contributed by atoms with van der Waals surface area (Å²) in [5.74, 6) is 1.12. The van der Waals surface area contributed by atoms with Gasteiger partial charge in [0.1, 0.15) is 10.8 Å². The Labute approximate surface area is 228 Å². The first-order valence-corrected chi connectivity index (χ1v) is 14.5. The summed E-state index contributed by atoms with van der Waals surface area (Å²) < 4.78 is 31.2. The van der Waals surface area contributed by atoms with E-state index in [1.54, 1.807) is 51.3 Å². The van der Waals surface area contributed by atoms with Crippen molar-refractivity contribution in [3.8, 4) is 5.75 Å². The molecule has 1 saturated heterocycles. The minimum absolute atomic E-state index is 0.102. The number of sulfone groups is 1. The van der Waals surface area contributed by atoms with Crippen LogP contribution in [0, 0.1) is 0 Å². The number of amides is 1. The third kappa shape index (κ3) is 6.36. The minimum atomic E-state index is -3.54. The van der Waals surface area contributed by atoms with Gasteiger partial charge in [0, 0.05) is 13.1 Å². The number of halogens is 1. The van der Waals surface area contributed by atoms with E-state index >= 15 is 0 Å². The molecule has 1 amide bonds. The molecular weight excluding hydrogens is 526 g/mol. The summed E-state index contributed by atoms with van der Waals surface area (Å²) >= 11 is 6.36. The fourth-order valence-electron chi connectivity index (χ4n) is 4.23. The molecule has 11 heteroatoms. The summed E-state index contributed by atoms with van der Waals surface area (Å²) in [6.45, 7) is 4.87. The number of carbonyl (C=O) groups excluding carboxylic acids is 1. The second kappa shape index (κ2) is 12.0. The van der Waals surface area contributed by atoms with Crippen molar-refractivity contribution in [2.75, 3.05) is 30.8 Å². The largest absolute Gasteiger partial charge is 0.495 e. The first kappa shape index (κ1) is 27.7. The number of carbonyl (C=O) groups is 1. The summed E-state index contributed by atoms with van der Waals surface area (Å²) in [6.07, 6.45) is 4.96. The lowest BCUT2D eigenvalue weighted by Crippen LogP contribution is -2.36. The predicted octanol–water partition coefficient (Wildman–Crippen LogP) is 5.36. The molecule has 0 bridgehead atoms. The Morgan fingerprint density at radius 2 is 1.82 bits per heavy atom. The molecule has 0 radical (unpaired) electrons. The zero-order valence-corrected chi connectivity index (χ0v) is 23.3. The van der Waals surface area contributed by atoms with E-state index in [1.165, 1.54) is 6.20 Å². The number of benzene rings is 2. The van der Waals surface area contributed by atoms with Crippen molar-refractivity contribution in [2.24, 2.45) is 0 Å². The number of likely N-dealkylation sites (tertiary alicyclic amines) is 1. The monoisotopic (exact) mass is 557 g/mol. The molecule has 1 aliphatic heterocycles.